The lowest BCUT2D eigenvalue weighted by molar-refractivity contribution is -0.167. The minimum absolute atomic E-state index is 0.0851. The van der Waals surface area contributed by atoms with E-state index in [0.717, 1.165) is 109 Å². The lowest BCUT2D eigenvalue weighted by Crippen LogP contribution is -2.30. The average molecular weight is 863 g/mol. The standard InChI is InChI=1S/C56H94O6/c1-4-7-10-13-16-19-21-22-23-24-25-26-27-28-29-30-31-32-33-34-35-38-40-43-46-49-55(58)61-52-53(51-60-54(57)48-45-42-39-36-18-15-12-9-6-3)62-56(59)50-47-44-41-37-20-17-14-11-8-5-2/h7,10,16,19,22-23,25-26,28-29,31-32,34-35,53H,4-6,8-9,11-15,17-18,20-21,24,27,30,33,36-52H2,1-3H3/b10-7-,19-16-,23-22-,26-25-,29-28-,32-31-,35-34-. The summed E-state index contributed by atoms with van der Waals surface area (Å²) in [4.78, 5) is 37.8. The summed E-state index contributed by atoms with van der Waals surface area (Å²) in [5, 5.41) is 0. The highest BCUT2D eigenvalue weighted by molar-refractivity contribution is 5.71. The van der Waals surface area contributed by atoms with Crippen LogP contribution in [0.2, 0.25) is 0 Å². The van der Waals surface area contributed by atoms with Gasteiger partial charge in [-0.25, -0.2) is 0 Å². The van der Waals surface area contributed by atoms with E-state index in [1.165, 1.54) is 83.5 Å². The Morgan fingerprint density at radius 2 is 0.629 bits per heavy atom. The lowest BCUT2D eigenvalue weighted by atomic mass is 10.1. The fraction of sp³-hybridized carbons (Fsp3) is 0.696. The Balaban J connectivity index is 4.30. The molecule has 6 heteroatoms. The van der Waals surface area contributed by atoms with Gasteiger partial charge in [0.05, 0.1) is 0 Å². The number of hydrogen-bond donors (Lipinski definition) is 0. The first-order chi connectivity index (χ1) is 30.5. The van der Waals surface area contributed by atoms with Crippen LogP contribution in [0.4, 0.5) is 0 Å². The first-order valence-electron chi connectivity index (χ1n) is 25.6. The van der Waals surface area contributed by atoms with Crippen LogP contribution >= 0.6 is 0 Å². The van der Waals surface area contributed by atoms with Crippen LogP contribution in [-0.2, 0) is 28.6 Å². The highest BCUT2D eigenvalue weighted by Crippen LogP contribution is 2.14. The molecule has 1 unspecified atom stereocenters. The summed E-state index contributed by atoms with van der Waals surface area (Å²) in [6.07, 6.45) is 64.3. The second-order valence-corrected chi connectivity index (χ2v) is 16.7. The molecule has 0 aromatic carbocycles. The summed E-state index contributed by atoms with van der Waals surface area (Å²) in [5.74, 6) is -0.925. The molecule has 62 heavy (non-hydrogen) atoms. The number of carbonyl (C=O) groups is 3. The first-order valence-corrected chi connectivity index (χ1v) is 25.6. The summed E-state index contributed by atoms with van der Waals surface area (Å²) < 4.78 is 16.7. The predicted molar refractivity (Wildman–Crippen MR) is 265 cm³/mol. The molecule has 0 rings (SSSR count). The van der Waals surface area contributed by atoms with Crippen molar-refractivity contribution in [2.75, 3.05) is 13.2 Å². The number of rotatable bonds is 45. The first kappa shape index (κ1) is 58.6. The molecular formula is C56H94O6. The van der Waals surface area contributed by atoms with Crippen molar-refractivity contribution in [1.29, 1.82) is 0 Å². The van der Waals surface area contributed by atoms with Gasteiger partial charge in [-0.1, -0.05) is 221 Å². The Bertz CT molecular complexity index is 1220. The number of esters is 3. The van der Waals surface area contributed by atoms with Gasteiger partial charge in [0, 0.05) is 19.3 Å². The fourth-order valence-corrected chi connectivity index (χ4v) is 6.83. The highest BCUT2D eigenvalue weighted by Gasteiger charge is 2.19. The topological polar surface area (TPSA) is 78.9 Å². The van der Waals surface area contributed by atoms with E-state index in [0.29, 0.717) is 19.3 Å². The van der Waals surface area contributed by atoms with Gasteiger partial charge < -0.3 is 14.2 Å². The van der Waals surface area contributed by atoms with E-state index in [2.05, 4.69) is 106 Å². The fourth-order valence-electron chi connectivity index (χ4n) is 6.83. The molecule has 0 aliphatic heterocycles. The third-order valence-electron chi connectivity index (χ3n) is 10.7. The molecule has 0 aliphatic rings. The molecule has 1 atom stereocenters. The van der Waals surface area contributed by atoms with Crippen molar-refractivity contribution in [3.05, 3.63) is 85.1 Å². The Morgan fingerprint density at radius 1 is 0.339 bits per heavy atom. The number of allylic oxidation sites excluding steroid dienone is 14. The minimum Gasteiger partial charge on any atom is -0.462 e. The SMILES string of the molecule is CC/C=C\C/C=C\C/C=C\C/C=C\C/C=C\C/C=C\C/C=C\CCCCCC(=O)OCC(COC(=O)CCCCCCCCCCC)OC(=O)CCCCCCCCCCCC. The van der Waals surface area contributed by atoms with E-state index in [4.69, 9.17) is 14.2 Å². The summed E-state index contributed by atoms with van der Waals surface area (Å²) in [6, 6.07) is 0. The van der Waals surface area contributed by atoms with E-state index in [9.17, 15) is 14.4 Å². The van der Waals surface area contributed by atoms with Crippen molar-refractivity contribution in [3.63, 3.8) is 0 Å². The van der Waals surface area contributed by atoms with Crippen LogP contribution in [0.1, 0.15) is 233 Å². The summed E-state index contributed by atoms with van der Waals surface area (Å²) in [7, 11) is 0. The zero-order valence-electron chi connectivity index (χ0n) is 40.4. The van der Waals surface area contributed by atoms with Crippen LogP contribution in [0.25, 0.3) is 0 Å². The molecule has 0 saturated heterocycles. The molecule has 0 spiro atoms. The van der Waals surface area contributed by atoms with Crippen LogP contribution < -0.4 is 0 Å². The molecule has 0 fully saturated rings. The maximum atomic E-state index is 12.7. The van der Waals surface area contributed by atoms with Crippen molar-refractivity contribution >= 4 is 17.9 Å². The van der Waals surface area contributed by atoms with Gasteiger partial charge in [0.25, 0.3) is 0 Å². The largest absolute Gasteiger partial charge is 0.462 e. The second kappa shape index (κ2) is 50.2. The van der Waals surface area contributed by atoms with Crippen molar-refractivity contribution in [3.8, 4) is 0 Å². The molecule has 0 radical (unpaired) electrons. The van der Waals surface area contributed by atoms with Crippen molar-refractivity contribution in [2.24, 2.45) is 0 Å². The Labute approximate surface area is 382 Å². The highest BCUT2D eigenvalue weighted by atomic mass is 16.6. The number of ether oxygens (including phenoxy) is 3. The van der Waals surface area contributed by atoms with Gasteiger partial charge >= 0.3 is 17.9 Å². The van der Waals surface area contributed by atoms with Gasteiger partial charge in [-0.05, 0) is 77.0 Å². The molecule has 0 amide bonds. The van der Waals surface area contributed by atoms with Crippen molar-refractivity contribution in [1.82, 2.24) is 0 Å². The van der Waals surface area contributed by atoms with Crippen LogP contribution in [0.5, 0.6) is 0 Å². The van der Waals surface area contributed by atoms with Gasteiger partial charge in [-0.3, -0.25) is 14.4 Å². The molecule has 0 heterocycles. The average Bonchev–Trinajstić information content (AvgIpc) is 3.27. The molecule has 0 N–H and O–H groups in total. The number of hydrogen-bond acceptors (Lipinski definition) is 6. The van der Waals surface area contributed by atoms with Crippen LogP contribution in [0.3, 0.4) is 0 Å². The molecular weight excluding hydrogens is 769 g/mol. The van der Waals surface area contributed by atoms with E-state index in [1.54, 1.807) is 0 Å². The number of carbonyl (C=O) groups excluding carboxylic acids is 3. The summed E-state index contributed by atoms with van der Waals surface area (Å²) in [6.45, 7) is 6.45. The molecule has 354 valence electrons. The van der Waals surface area contributed by atoms with Gasteiger partial charge in [-0.15, -0.1) is 0 Å². The van der Waals surface area contributed by atoms with E-state index >= 15 is 0 Å². The predicted octanol–water partition coefficient (Wildman–Crippen LogP) is 16.8. The molecule has 0 aromatic heterocycles. The normalized spacial score (nSPS) is 12.8. The smallest absolute Gasteiger partial charge is 0.306 e. The van der Waals surface area contributed by atoms with Gasteiger partial charge in [0.1, 0.15) is 13.2 Å². The summed E-state index contributed by atoms with van der Waals surface area (Å²) >= 11 is 0. The maximum absolute atomic E-state index is 12.7. The van der Waals surface area contributed by atoms with Crippen molar-refractivity contribution < 1.29 is 28.6 Å². The molecule has 0 bridgehead atoms. The van der Waals surface area contributed by atoms with E-state index in [-0.39, 0.29) is 31.1 Å². The Kier molecular flexibility index (Phi) is 47.5. The van der Waals surface area contributed by atoms with E-state index < -0.39 is 6.10 Å². The van der Waals surface area contributed by atoms with Gasteiger partial charge in [-0.2, -0.15) is 0 Å². The van der Waals surface area contributed by atoms with Gasteiger partial charge in [0.2, 0.25) is 0 Å². The molecule has 0 aromatic rings. The van der Waals surface area contributed by atoms with Gasteiger partial charge in [0.15, 0.2) is 6.10 Å². The van der Waals surface area contributed by atoms with E-state index in [1.807, 2.05) is 0 Å². The maximum Gasteiger partial charge on any atom is 0.306 e. The van der Waals surface area contributed by atoms with Crippen LogP contribution in [-0.4, -0.2) is 37.2 Å². The third-order valence-corrected chi connectivity index (χ3v) is 10.7. The van der Waals surface area contributed by atoms with Crippen molar-refractivity contribution in [2.45, 2.75) is 239 Å². The number of unbranched alkanes of at least 4 members (excludes halogenated alkanes) is 20. The second-order valence-electron chi connectivity index (χ2n) is 16.7. The lowest BCUT2D eigenvalue weighted by Gasteiger charge is -2.18. The zero-order valence-corrected chi connectivity index (χ0v) is 40.4. The quantitative estimate of drug-likeness (QED) is 0.0263. The monoisotopic (exact) mass is 863 g/mol. The third kappa shape index (κ3) is 47.6. The minimum atomic E-state index is -0.784. The molecule has 0 saturated carbocycles. The molecule has 0 aliphatic carbocycles. The zero-order chi connectivity index (χ0) is 45.1. The molecule has 6 nitrogen and oxygen atoms in total. The Morgan fingerprint density at radius 3 is 0.984 bits per heavy atom. The van der Waals surface area contributed by atoms with Crippen LogP contribution in [0.15, 0.2) is 85.1 Å². The summed E-state index contributed by atoms with van der Waals surface area (Å²) in [5.41, 5.74) is 0. The Hall–Kier alpha value is -3.41. The van der Waals surface area contributed by atoms with Crippen LogP contribution in [0, 0.1) is 0 Å².